The molecule has 2 amide bonds. The number of rotatable bonds is 11. The Bertz CT molecular complexity index is 1090. The molecular formula is C29H38N2O6S. The number of anilines is 1. The van der Waals surface area contributed by atoms with E-state index in [4.69, 9.17) is 9.47 Å². The zero-order valence-electron chi connectivity index (χ0n) is 22.5. The number of methoxy groups -OCH3 is 1. The summed E-state index contributed by atoms with van der Waals surface area (Å²) in [7, 11) is 1.58. The number of benzene rings is 1. The van der Waals surface area contributed by atoms with Gasteiger partial charge in [0.2, 0.25) is 5.91 Å². The third-order valence-corrected chi connectivity index (χ3v) is 10.4. The summed E-state index contributed by atoms with van der Waals surface area (Å²) in [5.74, 6) is -1.72. The average Bonchev–Trinajstić information content (AvgIpc) is 3.50. The third-order valence-electron chi connectivity index (χ3n) is 8.31. The van der Waals surface area contributed by atoms with Gasteiger partial charge in [0, 0.05) is 17.5 Å². The van der Waals surface area contributed by atoms with Crippen LogP contribution in [0.5, 0.6) is 5.75 Å². The van der Waals surface area contributed by atoms with Crippen LogP contribution in [0.1, 0.15) is 27.2 Å². The monoisotopic (exact) mass is 542 g/mol. The van der Waals surface area contributed by atoms with Gasteiger partial charge in [-0.2, -0.15) is 0 Å². The van der Waals surface area contributed by atoms with Crippen LogP contribution in [-0.2, 0) is 19.1 Å². The summed E-state index contributed by atoms with van der Waals surface area (Å²) in [5.41, 5.74) is 0.653. The highest BCUT2D eigenvalue weighted by Crippen LogP contribution is 2.69. The number of likely N-dealkylation sites (tertiary alicyclic amines) is 1. The van der Waals surface area contributed by atoms with Gasteiger partial charge in [0.05, 0.1) is 36.3 Å². The highest BCUT2D eigenvalue weighted by molar-refractivity contribution is 8.02. The minimum Gasteiger partial charge on any atom is -0.497 e. The van der Waals surface area contributed by atoms with Crippen LogP contribution in [0, 0.1) is 23.7 Å². The van der Waals surface area contributed by atoms with Gasteiger partial charge >= 0.3 is 5.97 Å². The number of carbonyl (C=O) groups is 3. The van der Waals surface area contributed by atoms with Crippen molar-refractivity contribution < 1.29 is 29.0 Å². The summed E-state index contributed by atoms with van der Waals surface area (Å²) in [6, 6.07) is 5.75. The number of hydrogen-bond donors (Lipinski definition) is 1. The molecule has 3 saturated heterocycles. The fourth-order valence-electron chi connectivity index (χ4n) is 6.58. The van der Waals surface area contributed by atoms with Crippen molar-refractivity contribution in [2.75, 3.05) is 31.8 Å². The number of hydrogen-bond acceptors (Lipinski definition) is 7. The zero-order valence-corrected chi connectivity index (χ0v) is 23.4. The Morgan fingerprint density at radius 3 is 2.50 bits per heavy atom. The molecule has 3 heterocycles. The molecule has 1 N–H and O–H groups in total. The van der Waals surface area contributed by atoms with Crippen LogP contribution in [0.15, 0.2) is 49.6 Å². The van der Waals surface area contributed by atoms with Gasteiger partial charge in [-0.25, -0.2) is 0 Å². The fourth-order valence-corrected chi connectivity index (χ4v) is 8.97. The molecule has 3 aliphatic rings. The standard InChI is InChI=1S/C29H38N2O6S/c1-7-13-30(19-9-11-20(36-6)12-10-19)27(34)25-29-18(5)15-22(38-29)23(28(35)37-14-8-2)24(29)26(33)31(25)21(16-32)17(3)4/h7-12,17-18,21-25,32H,1-2,13-16H2,3-6H3/t18?,21-,22-,23+,24-,25?,29?/m0/s1. The summed E-state index contributed by atoms with van der Waals surface area (Å²) in [4.78, 5) is 45.4. The quantitative estimate of drug-likeness (QED) is 0.339. The van der Waals surface area contributed by atoms with Gasteiger partial charge in [0.25, 0.3) is 5.91 Å². The number of fused-ring (bicyclic) bond motifs is 1. The summed E-state index contributed by atoms with van der Waals surface area (Å²) >= 11 is 1.58. The number of carbonyl (C=O) groups excluding carboxylic acids is 3. The van der Waals surface area contributed by atoms with E-state index in [1.807, 2.05) is 13.8 Å². The van der Waals surface area contributed by atoms with Crippen molar-refractivity contribution in [2.45, 2.75) is 49.3 Å². The van der Waals surface area contributed by atoms with Crippen molar-refractivity contribution in [1.29, 1.82) is 0 Å². The van der Waals surface area contributed by atoms with Crippen molar-refractivity contribution >= 4 is 35.2 Å². The van der Waals surface area contributed by atoms with Crippen molar-refractivity contribution in [1.82, 2.24) is 4.90 Å². The average molecular weight is 543 g/mol. The molecule has 1 aromatic rings. The summed E-state index contributed by atoms with van der Waals surface area (Å²) in [5, 5.41) is 10.3. The molecule has 7 atom stereocenters. The van der Waals surface area contributed by atoms with Gasteiger partial charge in [-0.1, -0.05) is 39.5 Å². The Morgan fingerprint density at radius 1 is 1.26 bits per heavy atom. The number of aliphatic hydroxyl groups excluding tert-OH is 1. The molecule has 3 fully saturated rings. The van der Waals surface area contributed by atoms with Crippen molar-refractivity contribution in [2.24, 2.45) is 23.7 Å². The van der Waals surface area contributed by atoms with Gasteiger partial charge in [-0.3, -0.25) is 14.4 Å². The van der Waals surface area contributed by atoms with Gasteiger partial charge in [-0.15, -0.1) is 18.3 Å². The van der Waals surface area contributed by atoms with Gasteiger partial charge in [0.1, 0.15) is 18.4 Å². The molecule has 206 valence electrons. The fraction of sp³-hybridized carbons (Fsp3) is 0.552. The number of nitrogens with zero attached hydrogens (tertiary/aromatic N) is 2. The normalized spacial score (nSPS) is 30.2. The summed E-state index contributed by atoms with van der Waals surface area (Å²) in [6.07, 6.45) is 3.87. The van der Waals surface area contributed by atoms with E-state index < -0.39 is 34.6 Å². The minimum atomic E-state index is -0.858. The second-order valence-corrected chi connectivity index (χ2v) is 12.2. The molecule has 0 aliphatic carbocycles. The first-order chi connectivity index (χ1) is 18.2. The van der Waals surface area contributed by atoms with E-state index in [1.165, 1.54) is 6.08 Å². The Labute approximate surface area is 229 Å². The molecule has 1 aromatic carbocycles. The lowest BCUT2D eigenvalue weighted by Crippen LogP contribution is -2.60. The zero-order chi connectivity index (χ0) is 27.8. The molecule has 0 radical (unpaired) electrons. The maximum atomic E-state index is 14.6. The number of esters is 1. The second-order valence-electron chi connectivity index (χ2n) is 10.6. The number of thioether (sulfide) groups is 1. The van der Waals surface area contributed by atoms with Gasteiger partial charge < -0.3 is 24.4 Å². The van der Waals surface area contributed by atoms with E-state index in [1.54, 1.807) is 59.0 Å². The predicted octanol–water partition coefficient (Wildman–Crippen LogP) is 3.30. The molecule has 38 heavy (non-hydrogen) atoms. The molecule has 4 rings (SSSR count). The summed E-state index contributed by atoms with van der Waals surface area (Å²) < 4.78 is 9.92. The molecule has 3 aliphatic heterocycles. The molecule has 2 bridgehead atoms. The van der Waals surface area contributed by atoms with Crippen molar-refractivity contribution in [3.05, 3.63) is 49.6 Å². The Hall–Kier alpha value is -2.78. The minimum absolute atomic E-state index is 0.00167. The topological polar surface area (TPSA) is 96.4 Å². The molecule has 9 heteroatoms. The molecule has 3 unspecified atom stereocenters. The van der Waals surface area contributed by atoms with E-state index >= 15 is 0 Å². The Morgan fingerprint density at radius 2 is 1.95 bits per heavy atom. The highest BCUT2D eigenvalue weighted by Gasteiger charge is 2.77. The van der Waals surface area contributed by atoms with E-state index in [-0.39, 0.29) is 48.7 Å². The largest absolute Gasteiger partial charge is 0.497 e. The van der Waals surface area contributed by atoms with Crippen LogP contribution in [0.25, 0.3) is 0 Å². The lowest BCUT2D eigenvalue weighted by atomic mass is 9.66. The highest BCUT2D eigenvalue weighted by atomic mass is 32.2. The van der Waals surface area contributed by atoms with Gasteiger partial charge in [-0.05, 0) is 42.5 Å². The number of aliphatic hydroxyl groups is 1. The van der Waals surface area contributed by atoms with Gasteiger partial charge in [0.15, 0.2) is 0 Å². The SMILES string of the molecule is C=CCOC(=O)[C@@H]1[C@@H]2CC(C)C3(S2)C(C(=O)N(CC=C)c2ccc(OC)cc2)N([C@@H](CO)C(C)C)C(=O)[C@H]13. The first-order valence-corrected chi connectivity index (χ1v) is 14.0. The predicted molar refractivity (Wildman–Crippen MR) is 148 cm³/mol. The Balaban J connectivity index is 1.84. The summed E-state index contributed by atoms with van der Waals surface area (Å²) in [6.45, 7) is 13.4. The third kappa shape index (κ3) is 4.33. The van der Waals surface area contributed by atoms with E-state index in [2.05, 4.69) is 20.1 Å². The second kappa shape index (κ2) is 11.1. The molecule has 1 spiro atoms. The van der Waals surface area contributed by atoms with Crippen molar-refractivity contribution in [3.63, 3.8) is 0 Å². The first-order valence-electron chi connectivity index (χ1n) is 13.1. The number of amides is 2. The smallest absolute Gasteiger partial charge is 0.311 e. The van der Waals surface area contributed by atoms with Crippen LogP contribution in [-0.4, -0.2) is 76.7 Å². The first kappa shape index (κ1) is 28.2. The maximum Gasteiger partial charge on any atom is 0.311 e. The molecule has 0 aromatic heterocycles. The number of ether oxygens (including phenoxy) is 2. The molecular weight excluding hydrogens is 504 g/mol. The van der Waals surface area contributed by atoms with Crippen LogP contribution in [0.4, 0.5) is 5.69 Å². The van der Waals surface area contributed by atoms with Crippen LogP contribution in [0.2, 0.25) is 0 Å². The van der Waals surface area contributed by atoms with E-state index in [0.717, 1.165) is 0 Å². The van der Waals surface area contributed by atoms with Crippen LogP contribution >= 0.6 is 11.8 Å². The molecule has 0 saturated carbocycles. The van der Waals surface area contributed by atoms with Crippen LogP contribution < -0.4 is 9.64 Å². The van der Waals surface area contributed by atoms with Crippen LogP contribution in [0.3, 0.4) is 0 Å². The molecule has 8 nitrogen and oxygen atoms in total. The lowest BCUT2D eigenvalue weighted by Gasteiger charge is -2.42. The van der Waals surface area contributed by atoms with Crippen molar-refractivity contribution in [3.8, 4) is 5.75 Å². The Kier molecular flexibility index (Phi) is 8.28. The van der Waals surface area contributed by atoms with E-state index in [0.29, 0.717) is 17.9 Å². The maximum absolute atomic E-state index is 14.6. The lowest BCUT2D eigenvalue weighted by molar-refractivity contribution is -0.154. The van der Waals surface area contributed by atoms with E-state index in [9.17, 15) is 19.5 Å².